The van der Waals surface area contributed by atoms with Gasteiger partial charge in [0.05, 0.1) is 19.6 Å². The number of carbonyl (C=O) groups is 1. The fraction of sp³-hybridized carbons (Fsp3) is 0.533. The summed E-state index contributed by atoms with van der Waals surface area (Å²) in [6.45, 7) is 6.00. The van der Waals surface area contributed by atoms with E-state index < -0.39 is 0 Å². The maximum absolute atomic E-state index is 11.9. The average molecular weight is 333 g/mol. The monoisotopic (exact) mass is 332 g/mol. The minimum atomic E-state index is -0.201. The molecule has 0 spiro atoms. The van der Waals surface area contributed by atoms with Crippen molar-refractivity contribution in [1.82, 2.24) is 4.90 Å². The molecule has 0 N–H and O–H groups in total. The summed E-state index contributed by atoms with van der Waals surface area (Å²) in [5.74, 6) is -0.201. The second-order valence-electron chi connectivity index (χ2n) is 5.02. The smallest absolute Gasteiger partial charge is 0.310 e. The van der Waals surface area contributed by atoms with E-state index in [-0.39, 0.29) is 30.9 Å². The minimum Gasteiger partial charge on any atom is -1.00 e. The summed E-state index contributed by atoms with van der Waals surface area (Å²) in [6.07, 6.45) is 0.179. The van der Waals surface area contributed by atoms with Gasteiger partial charge in [0, 0.05) is 24.7 Å². The molecule has 1 aromatic rings. The van der Waals surface area contributed by atoms with E-state index in [1.54, 1.807) is 12.1 Å². The molecule has 1 aliphatic rings. The largest absolute Gasteiger partial charge is 1.00 e. The predicted octanol–water partition coefficient (Wildman–Crippen LogP) is -0.850. The molecule has 0 aromatic heterocycles. The van der Waals surface area contributed by atoms with Crippen LogP contribution in [0.3, 0.4) is 0 Å². The minimum absolute atomic E-state index is 0. The standard InChI is InChI=1S/C15H20ClNO3.ClH/c1-12(11-17-6-8-19-9-7-17)20-15(18)10-13-2-4-14(16)5-3-13;/h2-5,12H,6-11H2,1H3;1H/p-1. The quantitative estimate of drug-likeness (QED) is 0.658. The molecule has 0 radical (unpaired) electrons. The van der Waals surface area contributed by atoms with Crippen LogP contribution in [0, 0.1) is 0 Å². The molecule has 1 atom stereocenters. The molecule has 6 heteroatoms. The fourth-order valence-corrected chi connectivity index (χ4v) is 2.35. The molecular weight excluding hydrogens is 313 g/mol. The first kappa shape index (κ1) is 18.2. The molecule has 118 valence electrons. The molecule has 0 amide bonds. The normalized spacial score (nSPS) is 16.9. The summed E-state index contributed by atoms with van der Waals surface area (Å²) >= 11 is 5.81. The number of rotatable bonds is 5. The van der Waals surface area contributed by atoms with Crippen molar-refractivity contribution in [1.29, 1.82) is 0 Å². The molecule has 1 aromatic carbocycles. The lowest BCUT2D eigenvalue weighted by Crippen LogP contribution is -3.00. The Morgan fingerprint density at radius 1 is 1.33 bits per heavy atom. The van der Waals surface area contributed by atoms with Crippen molar-refractivity contribution in [3.63, 3.8) is 0 Å². The number of hydrogen-bond acceptors (Lipinski definition) is 4. The number of benzene rings is 1. The van der Waals surface area contributed by atoms with Gasteiger partial charge in [-0.2, -0.15) is 0 Å². The molecule has 1 fully saturated rings. The van der Waals surface area contributed by atoms with Crippen LogP contribution in [0.2, 0.25) is 5.02 Å². The Balaban J connectivity index is 0.00000220. The summed E-state index contributed by atoms with van der Waals surface area (Å²) in [6, 6.07) is 7.25. The van der Waals surface area contributed by atoms with E-state index in [2.05, 4.69) is 4.90 Å². The van der Waals surface area contributed by atoms with E-state index in [4.69, 9.17) is 21.1 Å². The van der Waals surface area contributed by atoms with Crippen molar-refractivity contribution in [2.45, 2.75) is 19.4 Å². The van der Waals surface area contributed by atoms with Gasteiger partial charge in [0.25, 0.3) is 0 Å². The van der Waals surface area contributed by atoms with Crippen LogP contribution in [0.4, 0.5) is 0 Å². The highest BCUT2D eigenvalue weighted by Crippen LogP contribution is 2.11. The lowest BCUT2D eigenvalue weighted by atomic mass is 10.1. The van der Waals surface area contributed by atoms with Crippen LogP contribution >= 0.6 is 11.6 Å². The summed E-state index contributed by atoms with van der Waals surface area (Å²) in [5.41, 5.74) is 0.915. The zero-order valence-corrected chi connectivity index (χ0v) is 13.6. The second kappa shape index (κ2) is 9.26. The van der Waals surface area contributed by atoms with Crippen molar-refractivity contribution < 1.29 is 26.7 Å². The van der Waals surface area contributed by atoms with Gasteiger partial charge in [-0.3, -0.25) is 9.69 Å². The first-order valence-corrected chi connectivity index (χ1v) is 7.25. The van der Waals surface area contributed by atoms with Gasteiger partial charge >= 0.3 is 5.97 Å². The van der Waals surface area contributed by atoms with Gasteiger partial charge in [-0.25, -0.2) is 0 Å². The van der Waals surface area contributed by atoms with E-state index in [0.29, 0.717) is 5.02 Å². The fourth-order valence-electron chi connectivity index (χ4n) is 2.22. The van der Waals surface area contributed by atoms with E-state index in [1.165, 1.54) is 0 Å². The number of halogens is 2. The number of nitrogens with zero attached hydrogens (tertiary/aromatic N) is 1. The number of ether oxygens (including phenoxy) is 2. The molecule has 0 aliphatic carbocycles. The van der Waals surface area contributed by atoms with Crippen molar-refractivity contribution in [2.75, 3.05) is 32.8 Å². The van der Waals surface area contributed by atoms with Crippen LogP contribution in [0.5, 0.6) is 0 Å². The maximum atomic E-state index is 11.9. The van der Waals surface area contributed by atoms with Gasteiger partial charge in [-0.15, -0.1) is 0 Å². The third-order valence-corrected chi connectivity index (χ3v) is 3.47. The Hall–Kier alpha value is -0.810. The molecule has 1 aliphatic heterocycles. The summed E-state index contributed by atoms with van der Waals surface area (Å²) in [5, 5.41) is 0.669. The number of hydrogen-bond donors (Lipinski definition) is 0. The highest BCUT2D eigenvalue weighted by Gasteiger charge is 2.16. The molecule has 2 rings (SSSR count). The number of carbonyl (C=O) groups excluding carboxylic acids is 1. The molecule has 0 saturated carbocycles. The lowest BCUT2D eigenvalue weighted by molar-refractivity contribution is -0.148. The van der Waals surface area contributed by atoms with Crippen LogP contribution in [0.1, 0.15) is 12.5 Å². The molecular formula is C15H20Cl2NO3-. The zero-order chi connectivity index (χ0) is 14.4. The van der Waals surface area contributed by atoms with E-state index in [9.17, 15) is 4.79 Å². The lowest BCUT2D eigenvalue weighted by Gasteiger charge is -2.28. The maximum Gasteiger partial charge on any atom is 0.310 e. The Bertz CT molecular complexity index is 433. The van der Waals surface area contributed by atoms with Gasteiger partial charge in [-0.1, -0.05) is 23.7 Å². The van der Waals surface area contributed by atoms with Crippen molar-refractivity contribution >= 4 is 17.6 Å². The molecule has 1 heterocycles. The van der Waals surface area contributed by atoms with E-state index in [1.807, 2.05) is 19.1 Å². The first-order chi connectivity index (χ1) is 9.63. The third kappa shape index (κ3) is 6.66. The number of morpholine rings is 1. The van der Waals surface area contributed by atoms with Gasteiger partial charge < -0.3 is 21.9 Å². The Morgan fingerprint density at radius 2 is 1.95 bits per heavy atom. The Labute approximate surface area is 136 Å². The van der Waals surface area contributed by atoms with Crippen molar-refractivity contribution in [2.24, 2.45) is 0 Å². The predicted molar refractivity (Wildman–Crippen MR) is 78.0 cm³/mol. The topological polar surface area (TPSA) is 38.8 Å². The van der Waals surface area contributed by atoms with Crippen LogP contribution < -0.4 is 12.4 Å². The molecule has 1 saturated heterocycles. The van der Waals surface area contributed by atoms with Gasteiger partial charge in [-0.05, 0) is 24.6 Å². The first-order valence-electron chi connectivity index (χ1n) is 6.87. The molecule has 4 nitrogen and oxygen atoms in total. The van der Waals surface area contributed by atoms with Crippen molar-refractivity contribution in [3.8, 4) is 0 Å². The molecule has 21 heavy (non-hydrogen) atoms. The van der Waals surface area contributed by atoms with Gasteiger partial charge in [0.1, 0.15) is 6.10 Å². The Morgan fingerprint density at radius 3 is 2.57 bits per heavy atom. The van der Waals surface area contributed by atoms with Crippen LogP contribution in [-0.4, -0.2) is 49.8 Å². The Kier molecular flexibility index (Phi) is 8.04. The van der Waals surface area contributed by atoms with Gasteiger partial charge in [0.15, 0.2) is 0 Å². The SMILES string of the molecule is CC(CN1CCOCC1)OC(=O)Cc1ccc(Cl)cc1.[Cl-]. The van der Waals surface area contributed by atoms with Crippen LogP contribution in [0.25, 0.3) is 0 Å². The molecule has 1 unspecified atom stereocenters. The summed E-state index contributed by atoms with van der Waals surface area (Å²) < 4.78 is 10.7. The molecule has 0 bridgehead atoms. The highest BCUT2D eigenvalue weighted by atomic mass is 35.5. The van der Waals surface area contributed by atoms with E-state index >= 15 is 0 Å². The third-order valence-electron chi connectivity index (χ3n) is 3.21. The second-order valence-corrected chi connectivity index (χ2v) is 5.45. The average Bonchev–Trinajstić information content (AvgIpc) is 2.42. The van der Waals surface area contributed by atoms with Gasteiger partial charge in [0.2, 0.25) is 0 Å². The summed E-state index contributed by atoms with van der Waals surface area (Å²) in [7, 11) is 0. The van der Waals surface area contributed by atoms with E-state index in [0.717, 1.165) is 38.4 Å². The van der Waals surface area contributed by atoms with Crippen LogP contribution in [-0.2, 0) is 20.7 Å². The van der Waals surface area contributed by atoms with Crippen molar-refractivity contribution in [3.05, 3.63) is 34.9 Å². The number of esters is 1. The zero-order valence-electron chi connectivity index (χ0n) is 12.1. The van der Waals surface area contributed by atoms with Crippen LogP contribution in [0.15, 0.2) is 24.3 Å². The highest BCUT2D eigenvalue weighted by molar-refractivity contribution is 6.30. The summed E-state index contributed by atoms with van der Waals surface area (Å²) in [4.78, 5) is 14.1.